The van der Waals surface area contributed by atoms with E-state index < -0.39 is 36.7 Å². The van der Waals surface area contributed by atoms with Crippen molar-refractivity contribution in [2.45, 2.75) is 33.0 Å². The van der Waals surface area contributed by atoms with Gasteiger partial charge in [-0.25, -0.2) is 14.4 Å². The zero-order valence-corrected chi connectivity index (χ0v) is 11.4. The van der Waals surface area contributed by atoms with E-state index in [2.05, 4.69) is 9.47 Å². The number of hydrogen-bond acceptors (Lipinski definition) is 8. The van der Waals surface area contributed by atoms with Gasteiger partial charge in [0.2, 0.25) is 0 Å². The van der Waals surface area contributed by atoms with Gasteiger partial charge in [0.15, 0.2) is 12.4 Å². The Morgan fingerprint density at radius 1 is 0.900 bits per heavy atom. The molecule has 0 aliphatic heterocycles. The molecule has 0 aromatic carbocycles. The van der Waals surface area contributed by atoms with E-state index in [1.165, 1.54) is 20.8 Å². The summed E-state index contributed by atoms with van der Waals surface area (Å²) in [5.41, 5.74) is 0. The number of esters is 2. The van der Waals surface area contributed by atoms with Crippen molar-refractivity contribution in [2.75, 3.05) is 13.2 Å². The van der Waals surface area contributed by atoms with Crippen molar-refractivity contribution in [3.8, 4) is 0 Å². The Morgan fingerprint density at radius 2 is 1.25 bits per heavy atom. The van der Waals surface area contributed by atoms with E-state index in [0.717, 1.165) is 0 Å². The molecule has 0 amide bonds. The second-order valence-corrected chi connectivity index (χ2v) is 3.66. The minimum absolute atomic E-state index is 0.242. The fourth-order valence-electron chi connectivity index (χ4n) is 0.547. The Hall–Kier alpha value is -2.00. The van der Waals surface area contributed by atoms with Gasteiger partial charge in [0, 0.05) is 0 Å². The topological polar surface area (TPSA) is 147 Å². The minimum atomic E-state index is -1.26. The molecule has 0 aromatic rings. The summed E-state index contributed by atoms with van der Waals surface area (Å²) in [7, 11) is 0. The van der Waals surface area contributed by atoms with Crippen molar-refractivity contribution in [3.63, 3.8) is 0 Å². The Bertz CT molecular complexity index is 312. The average Bonchev–Trinajstić information content (AvgIpc) is 2.33. The quantitative estimate of drug-likeness (QED) is 0.497. The Morgan fingerprint density at radius 3 is 1.50 bits per heavy atom. The predicted octanol–water partition coefficient (Wildman–Crippen LogP) is -1.51. The summed E-state index contributed by atoms with van der Waals surface area (Å²) < 4.78 is 8.40. The maximum Gasteiger partial charge on any atom is 0.341 e. The predicted molar refractivity (Wildman–Crippen MR) is 63.6 cm³/mol. The van der Waals surface area contributed by atoms with E-state index in [4.69, 9.17) is 15.3 Å². The van der Waals surface area contributed by atoms with Gasteiger partial charge in [0.1, 0.15) is 18.8 Å². The van der Waals surface area contributed by atoms with Crippen LogP contribution in [-0.2, 0) is 28.7 Å². The van der Waals surface area contributed by atoms with Crippen LogP contribution in [-0.4, -0.2) is 64.4 Å². The number of ether oxygens (including phenoxy) is 2. The van der Waals surface area contributed by atoms with Crippen LogP contribution in [0.5, 0.6) is 0 Å². The van der Waals surface area contributed by atoms with Crippen molar-refractivity contribution >= 4 is 23.7 Å². The Balaban J connectivity index is 0. The lowest BCUT2D eigenvalue weighted by Crippen LogP contribution is -2.22. The summed E-state index contributed by atoms with van der Waals surface area (Å²) in [5, 5.41) is 25.0. The molecule has 0 aromatic heterocycles. The summed E-state index contributed by atoms with van der Waals surface area (Å²) in [6.07, 6.45) is -2.42. The lowest BCUT2D eigenvalue weighted by molar-refractivity contribution is -0.160. The summed E-state index contributed by atoms with van der Waals surface area (Å²) in [6, 6.07) is 0. The third kappa shape index (κ3) is 14.1. The lowest BCUT2D eigenvalue weighted by atomic mass is 10.4. The molecule has 3 N–H and O–H groups in total. The number of aliphatic hydroxyl groups is 2. The molecular weight excluding hydrogens is 276 g/mol. The standard InChI is InChI=1S/C6H10O4.C5H8O5/c1-4(7)3-10-6(9)5(2)8;1-3(6)5(9)10-2-4(7)8/h5,8H,3H2,1-2H3;3,6H,2H2,1H3,(H,7,8). The van der Waals surface area contributed by atoms with Crippen LogP contribution in [0.15, 0.2) is 0 Å². The molecular formula is C11H18O9. The normalized spacial score (nSPS) is 12.2. The zero-order chi connectivity index (χ0) is 16.3. The van der Waals surface area contributed by atoms with E-state index in [9.17, 15) is 19.2 Å². The van der Waals surface area contributed by atoms with Crippen molar-refractivity contribution in [1.82, 2.24) is 0 Å². The van der Waals surface area contributed by atoms with E-state index in [1.54, 1.807) is 0 Å². The van der Waals surface area contributed by atoms with Gasteiger partial charge in [0.05, 0.1) is 0 Å². The van der Waals surface area contributed by atoms with Crippen LogP contribution in [0.1, 0.15) is 20.8 Å². The molecule has 0 radical (unpaired) electrons. The van der Waals surface area contributed by atoms with E-state index in [0.29, 0.717) is 0 Å². The Labute approximate surface area is 115 Å². The van der Waals surface area contributed by atoms with Gasteiger partial charge in [-0.2, -0.15) is 0 Å². The first kappa shape index (κ1) is 20.3. The molecule has 9 nitrogen and oxygen atoms in total. The van der Waals surface area contributed by atoms with Gasteiger partial charge in [-0.05, 0) is 20.8 Å². The molecule has 0 bridgehead atoms. The summed E-state index contributed by atoms with van der Waals surface area (Å²) >= 11 is 0. The largest absolute Gasteiger partial charge is 0.479 e. The number of carboxylic acids is 1. The lowest BCUT2D eigenvalue weighted by Gasteiger charge is -2.02. The molecule has 20 heavy (non-hydrogen) atoms. The third-order valence-corrected chi connectivity index (χ3v) is 1.44. The number of aliphatic carboxylic acids is 1. The molecule has 0 fully saturated rings. The van der Waals surface area contributed by atoms with Crippen molar-refractivity contribution in [3.05, 3.63) is 0 Å². The smallest absolute Gasteiger partial charge is 0.341 e. The maximum atomic E-state index is 10.4. The second-order valence-electron chi connectivity index (χ2n) is 3.66. The first-order chi connectivity index (χ1) is 9.07. The molecule has 0 saturated heterocycles. The zero-order valence-electron chi connectivity index (χ0n) is 11.4. The molecule has 0 heterocycles. The van der Waals surface area contributed by atoms with Crippen LogP contribution >= 0.6 is 0 Å². The van der Waals surface area contributed by atoms with Gasteiger partial charge in [-0.3, -0.25) is 4.79 Å². The van der Waals surface area contributed by atoms with Crippen LogP contribution < -0.4 is 0 Å². The van der Waals surface area contributed by atoms with Gasteiger partial charge >= 0.3 is 17.9 Å². The fraction of sp³-hybridized carbons (Fsp3) is 0.636. The van der Waals surface area contributed by atoms with Crippen LogP contribution in [0, 0.1) is 0 Å². The molecule has 0 aliphatic carbocycles. The van der Waals surface area contributed by atoms with Gasteiger partial charge in [-0.15, -0.1) is 0 Å². The summed E-state index contributed by atoms with van der Waals surface area (Å²) in [5.74, 6) is -3.18. The van der Waals surface area contributed by atoms with Crippen molar-refractivity contribution < 1.29 is 44.0 Å². The highest BCUT2D eigenvalue weighted by molar-refractivity contribution is 5.81. The molecule has 0 rings (SSSR count). The van der Waals surface area contributed by atoms with Crippen LogP contribution in [0.4, 0.5) is 0 Å². The van der Waals surface area contributed by atoms with Crippen molar-refractivity contribution in [1.29, 1.82) is 0 Å². The van der Waals surface area contributed by atoms with E-state index in [-0.39, 0.29) is 12.4 Å². The fourth-order valence-corrected chi connectivity index (χ4v) is 0.547. The number of rotatable bonds is 6. The maximum absolute atomic E-state index is 10.4. The minimum Gasteiger partial charge on any atom is -0.479 e. The van der Waals surface area contributed by atoms with Crippen LogP contribution in [0.3, 0.4) is 0 Å². The van der Waals surface area contributed by atoms with Gasteiger partial charge in [-0.1, -0.05) is 0 Å². The molecule has 116 valence electrons. The number of carboxylic acid groups (broad SMARTS) is 1. The molecule has 0 saturated carbocycles. The molecule has 0 spiro atoms. The number of ketones is 1. The number of carbonyl (C=O) groups excluding carboxylic acids is 3. The van der Waals surface area contributed by atoms with Crippen LogP contribution in [0.25, 0.3) is 0 Å². The first-order valence-corrected chi connectivity index (χ1v) is 5.48. The SMILES string of the molecule is CC(=O)COC(=O)C(C)O.CC(O)C(=O)OCC(=O)O. The average molecular weight is 294 g/mol. The number of hydrogen-bond donors (Lipinski definition) is 3. The van der Waals surface area contributed by atoms with Crippen LogP contribution in [0.2, 0.25) is 0 Å². The van der Waals surface area contributed by atoms with Crippen molar-refractivity contribution in [2.24, 2.45) is 0 Å². The highest BCUT2D eigenvalue weighted by atomic mass is 16.6. The van der Waals surface area contributed by atoms with E-state index in [1.807, 2.05) is 0 Å². The highest BCUT2D eigenvalue weighted by Crippen LogP contribution is 1.86. The molecule has 0 aliphatic rings. The molecule has 2 unspecified atom stereocenters. The number of Topliss-reactive ketones (excluding diaryl/α,β-unsaturated/α-hetero) is 1. The number of carbonyl (C=O) groups is 4. The molecule has 9 heteroatoms. The first-order valence-electron chi connectivity index (χ1n) is 5.48. The molecule has 2 atom stereocenters. The van der Waals surface area contributed by atoms with Gasteiger partial charge in [0.25, 0.3) is 0 Å². The van der Waals surface area contributed by atoms with E-state index >= 15 is 0 Å². The Kier molecular flexibility index (Phi) is 11.1. The van der Waals surface area contributed by atoms with Gasteiger partial charge < -0.3 is 24.8 Å². The summed E-state index contributed by atoms with van der Waals surface area (Å²) in [6.45, 7) is 2.81. The third-order valence-electron chi connectivity index (χ3n) is 1.44. The number of aliphatic hydroxyl groups excluding tert-OH is 2. The summed E-state index contributed by atoms with van der Waals surface area (Å²) in [4.78, 5) is 40.7. The monoisotopic (exact) mass is 294 g/mol. The second kappa shape index (κ2) is 10.9. The highest BCUT2D eigenvalue weighted by Gasteiger charge is 2.11.